The Hall–Kier alpha value is -3.10. The third-order valence-electron chi connectivity index (χ3n) is 6.20. The van der Waals surface area contributed by atoms with Gasteiger partial charge in [-0.2, -0.15) is 0 Å². The predicted octanol–water partition coefficient (Wildman–Crippen LogP) is 5.88. The van der Waals surface area contributed by atoms with E-state index in [1.807, 2.05) is 30.3 Å². The Morgan fingerprint density at radius 2 is 1.67 bits per heavy atom. The van der Waals surface area contributed by atoms with Crippen molar-refractivity contribution in [1.82, 2.24) is 4.90 Å². The normalized spacial score (nSPS) is 22.5. The minimum atomic E-state index is -5.02. The van der Waals surface area contributed by atoms with Gasteiger partial charge >= 0.3 is 12.5 Å². The molecule has 176 valence electrons. The summed E-state index contributed by atoms with van der Waals surface area (Å²) in [5.74, 6) is -3.03. The molecule has 2 unspecified atom stereocenters. The van der Waals surface area contributed by atoms with Gasteiger partial charge in [0, 0.05) is 23.6 Å². The molecule has 4 rings (SSSR count). The van der Waals surface area contributed by atoms with Crippen LogP contribution in [0.25, 0.3) is 0 Å². The molecular formula is C24H23F4NO4. The summed E-state index contributed by atoms with van der Waals surface area (Å²) in [6.07, 6.45) is -2.25. The molecule has 0 saturated carbocycles. The number of hydrogen-bond acceptors (Lipinski definition) is 4. The molecule has 0 spiro atoms. The number of carbonyl (C=O) groups is 2. The van der Waals surface area contributed by atoms with Crippen molar-refractivity contribution in [1.29, 1.82) is 0 Å². The van der Waals surface area contributed by atoms with Gasteiger partial charge in [0.15, 0.2) is 17.3 Å². The average molecular weight is 465 g/mol. The van der Waals surface area contributed by atoms with Gasteiger partial charge < -0.3 is 14.4 Å². The van der Waals surface area contributed by atoms with Gasteiger partial charge in [-0.1, -0.05) is 30.3 Å². The van der Waals surface area contributed by atoms with Crippen molar-refractivity contribution in [2.75, 3.05) is 0 Å². The maximum atomic E-state index is 14.1. The quantitative estimate of drug-likeness (QED) is 0.409. The first kappa shape index (κ1) is 23.1. The Balaban J connectivity index is 1.42. The molecule has 5 nitrogen and oxygen atoms in total. The lowest BCUT2D eigenvalue weighted by Gasteiger charge is -2.47. The molecule has 2 aliphatic rings. The lowest BCUT2D eigenvalue weighted by Crippen LogP contribution is -2.55. The molecule has 9 heteroatoms. The van der Waals surface area contributed by atoms with Crippen molar-refractivity contribution >= 4 is 11.9 Å². The number of rotatable bonds is 5. The van der Waals surface area contributed by atoms with Crippen LogP contribution in [0.15, 0.2) is 48.5 Å². The van der Waals surface area contributed by atoms with Crippen LogP contribution < -0.4 is 4.74 Å². The molecule has 2 atom stereocenters. The summed E-state index contributed by atoms with van der Waals surface area (Å²) < 4.78 is 60.3. The van der Waals surface area contributed by atoms with Crippen LogP contribution in [-0.2, 0) is 11.3 Å². The van der Waals surface area contributed by atoms with Gasteiger partial charge in [-0.25, -0.2) is 9.18 Å². The molecule has 0 aliphatic carbocycles. The number of benzene rings is 2. The van der Waals surface area contributed by atoms with Crippen molar-refractivity contribution in [3.8, 4) is 5.75 Å². The Kier molecular flexibility index (Phi) is 6.58. The summed E-state index contributed by atoms with van der Waals surface area (Å²) in [7, 11) is 0. The second kappa shape index (κ2) is 9.41. The molecule has 0 N–H and O–H groups in total. The predicted molar refractivity (Wildman–Crippen MR) is 110 cm³/mol. The Labute approximate surface area is 188 Å². The highest BCUT2D eigenvalue weighted by atomic mass is 19.4. The van der Waals surface area contributed by atoms with Crippen LogP contribution in [0.4, 0.5) is 22.4 Å². The van der Waals surface area contributed by atoms with Gasteiger partial charge in [-0.15, -0.1) is 13.2 Å². The molecule has 0 aromatic heterocycles. The number of halogens is 4. The van der Waals surface area contributed by atoms with E-state index < -0.39 is 29.9 Å². The molecule has 2 fully saturated rings. The van der Waals surface area contributed by atoms with Gasteiger partial charge in [0.2, 0.25) is 0 Å². The third-order valence-corrected chi connectivity index (χ3v) is 6.20. The molecule has 2 aromatic carbocycles. The van der Waals surface area contributed by atoms with Crippen LogP contribution in [0, 0.1) is 11.7 Å². The molecule has 2 aromatic rings. The number of ketones is 1. The number of alkyl halides is 3. The van der Waals surface area contributed by atoms with E-state index in [-0.39, 0.29) is 30.0 Å². The van der Waals surface area contributed by atoms with Crippen LogP contribution >= 0.6 is 0 Å². The van der Waals surface area contributed by atoms with Gasteiger partial charge in [-0.05, 0) is 55.9 Å². The largest absolute Gasteiger partial charge is 0.573 e. The van der Waals surface area contributed by atoms with Crippen molar-refractivity contribution < 1.29 is 36.6 Å². The summed E-state index contributed by atoms with van der Waals surface area (Å²) in [6.45, 7) is 0.156. The minimum Gasteiger partial charge on any atom is -0.445 e. The Morgan fingerprint density at radius 1 is 1.00 bits per heavy atom. The summed E-state index contributed by atoms with van der Waals surface area (Å²) in [4.78, 5) is 27.5. The number of Topliss-reactive ketones (excluding diaryl/α,β-unsaturated/α-hetero) is 1. The molecule has 33 heavy (non-hydrogen) atoms. The number of hydrogen-bond donors (Lipinski definition) is 0. The van der Waals surface area contributed by atoms with Gasteiger partial charge in [-0.3, -0.25) is 4.79 Å². The molecular weight excluding hydrogens is 442 g/mol. The fourth-order valence-electron chi connectivity index (χ4n) is 4.78. The van der Waals surface area contributed by atoms with Gasteiger partial charge in [0.1, 0.15) is 6.61 Å². The van der Waals surface area contributed by atoms with E-state index >= 15 is 0 Å². The van der Waals surface area contributed by atoms with Crippen molar-refractivity contribution in [2.24, 2.45) is 5.92 Å². The van der Waals surface area contributed by atoms with Gasteiger partial charge in [0.25, 0.3) is 0 Å². The maximum absolute atomic E-state index is 14.1. The highest BCUT2D eigenvalue weighted by Gasteiger charge is 2.44. The van der Waals surface area contributed by atoms with Crippen LogP contribution in [0.2, 0.25) is 0 Å². The lowest BCUT2D eigenvalue weighted by atomic mass is 9.76. The molecule has 2 heterocycles. The molecule has 2 aliphatic heterocycles. The minimum absolute atomic E-state index is 0.00907. The SMILES string of the molecule is O=C(c1ccc(OC(F)(F)F)c(F)c1)C1CC2CCCC(C1)N2C(=O)OCc1ccccc1. The van der Waals surface area contributed by atoms with Crippen molar-refractivity contribution in [2.45, 2.75) is 57.2 Å². The first-order chi connectivity index (χ1) is 15.7. The van der Waals surface area contributed by atoms with Crippen molar-refractivity contribution in [3.05, 3.63) is 65.5 Å². The Bertz CT molecular complexity index is 997. The van der Waals surface area contributed by atoms with Crippen molar-refractivity contribution in [3.63, 3.8) is 0 Å². The van der Waals surface area contributed by atoms with E-state index in [0.717, 1.165) is 43.0 Å². The number of ether oxygens (including phenoxy) is 2. The first-order valence-corrected chi connectivity index (χ1v) is 10.8. The lowest BCUT2D eigenvalue weighted by molar-refractivity contribution is -0.275. The van der Waals surface area contributed by atoms with Gasteiger partial charge in [0.05, 0.1) is 0 Å². The van der Waals surface area contributed by atoms with Crippen LogP contribution in [-0.4, -0.2) is 35.2 Å². The fourth-order valence-corrected chi connectivity index (χ4v) is 4.78. The zero-order chi connectivity index (χ0) is 23.6. The van der Waals surface area contributed by atoms with E-state index in [1.54, 1.807) is 4.90 Å². The van der Waals surface area contributed by atoms with E-state index in [9.17, 15) is 27.2 Å². The number of carbonyl (C=O) groups excluding carboxylic acids is 2. The van der Waals surface area contributed by atoms with E-state index in [2.05, 4.69) is 4.74 Å². The molecule has 2 saturated heterocycles. The number of nitrogens with zero attached hydrogens (tertiary/aromatic N) is 1. The van der Waals surface area contributed by atoms with E-state index in [1.165, 1.54) is 0 Å². The smallest absolute Gasteiger partial charge is 0.445 e. The zero-order valence-corrected chi connectivity index (χ0v) is 17.7. The van der Waals surface area contributed by atoms with Crippen LogP contribution in [0.1, 0.15) is 48.0 Å². The zero-order valence-electron chi connectivity index (χ0n) is 17.7. The summed E-state index contributed by atoms with van der Waals surface area (Å²) in [6, 6.07) is 11.7. The highest BCUT2D eigenvalue weighted by molar-refractivity contribution is 5.98. The Morgan fingerprint density at radius 3 is 2.27 bits per heavy atom. The summed E-state index contributed by atoms with van der Waals surface area (Å²) in [5, 5.41) is 0. The van der Waals surface area contributed by atoms with Crippen LogP contribution in [0.5, 0.6) is 5.75 Å². The molecule has 1 amide bonds. The fraction of sp³-hybridized carbons (Fsp3) is 0.417. The number of amides is 1. The summed E-state index contributed by atoms with van der Waals surface area (Å²) in [5.41, 5.74) is 0.867. The monoisotopic (exact) mass is 465 g/mol. The van der Waals surface area contributed by atoms with E-state index in [0.29, 0.717) is 12.8 Å². The number of piperidine rings is 2. The molecule has 0 radical (unpaired) electrons. The third kappa shape index (κ3) is 5.46. The first-order valence-electron chi connectivity index (χ1n) is 10.8. The number of fused-ring (bicyclic) bond motifs is 2. The highest BCUT2D eigenvalue weighted by Crippen LogP contribution is 2.39. The second-order valence-electron chi connectivity index (χ2n) is 8.41. The molecule has 2 bridgehead atoms. The maximum Gasteiger partial charge on any atom is 0.573 e. The van der Waals surface area contributed by atoms with Crippen LogP contribution in [0.3, 0.4) is 0 Å². The standard InChI is InChI=1S/C24H23F4NO4/c25-20-13-16(9-10-21(20)33-24(26,27)28)22(30)17-11-18-7-4-8-19(12-17)29(18)23(31)32-14-15-5-2-1-3-6-15/h1-3,5-6,9-10,13,17-19H,4,7-8,11-12,14H2. The average Bonchev–Trinajstić information content (AvgIpc) is 2.77. The topological polar surface area (TPSA) is 55.8 Å². The summed E-state index contributed by atoms with van der Waals surface area (Å²) >= 11 is 0. The van der Waals surface area contributed by atoms with E-state index in [4.69, 9.17) is 4.74 Å². The second-order valence-corrected chi connectivity index (χ2v) is 8.41.